The van der Waals surface area contributed by atoms with Crippen molar-refractivity contribution in [2.45, 2.75) is 24.7 Å². The Bertz CT molecular complexity index is 916. The highest BCUT2D eigenvalue weighted by molar-refractivity contribution is 5.76. The normalized spacial score (nSPS) is 13.7. The minimum Gasteiger partial charge on any atom is -0.507 e. The fourth-order valence-electron chi connectivity index (χ4n) is 2.41. The van der Waals surface area contributed by atoms with Gasteiger partial charge in [-0.05, 0) is 29.8 Å². The molecule has 0 heterocycles. The van der Waals surface area contributed by atoms with Gasteiger partial charge < -0.3 is 5.11 Å². The molecule has 0 saturated heterocycles. The molecule has 0 fully saturated rings. The highest BCUT2D eigenvalue weighted by Gasteiger charge is 2.43. The van der Waals surface area contributed by atoms with Crippen molar-refractivity contribution in [1.29, 1.82) is 0 Å². The summed E-state index contributed by atoms with van der Waals surface area (Å²) in [5, 5.41) is 9.71. The van der Waals surface area contributed by atoms with Crippen molar-refractivity contribution in [3.63, 3.8) is 0 Å². The molecule has 160 valence electrons. The lowest BCUT2D eigenvalue weighted by Crippen LogP contribution is -2.14. The Kier molecular flexibility index (Phi) is 5.27. The molecule has 1 nitrogen and oxygen atoms in total. The van der Waals surface area contributed by atoms with Gasteiger partial charge in [-0.25, -0.2) is 0 Å². The molecule has 0 bridgehead atoms. The summed E-state index contributed by atoms with van der Waals surface area (Å²) < 4.78 is 155. The summed E-state index contributed by atoms with van der Waals surface area (Å²) in [6.07, 6.45) is -21.9. The minimum absolute atomic E-state index is 0.0392. The van der Waals surface area contributed by atoms with Gasteiger partial charge in [0.05, 0.1) is 22.3 Å². The van der Waals surface area contributed by atoms with Gasteiger partial charge in [0.15, 0.2) is 0 Å². The highest BCUT2D eigenvalue weighted by atomic mass is 19.4. The van der Waals surface area contributed by atoms with Crippen LogP contribution in [0.3, 0.4) is 0 Å². The van der Waals surface area contributed by atoms with Gasteiger partial charge in [0.1, 0.15) is 5.75 Å². The van der Waals surface area contributed by atoms with Crippen LogP contribution in [0.1, 0.15) is 22.3 Å². The van der Waals surface area contributed by atoms with Crippen LogP contribution in [0.25, 0.3) is 11.1 Å². The average Bonchev–Trinajstić information content (AvgIpc) is 2.50. The molecule has 13 heteroatoms. The van der Waals surface area contributed by atoms with E-state index in [1.54, 1.807) is 0 Å². The van der Waals surface area contributed by atoms with Crippen LogP contribution >= 0.6 is 0 Å². The van der Waals surface area contributed by atoms with E-state index in [-0.39, 0.29) is 18.2 Å². The largest absolute Gasteiger partial charge is 0.507 e. The van der Waals surface area contributed by atoms with Crippen LogP contribution in [0.2, 0.25) is 0 Å². The highest BCUT2D eigenvalue weighted by Crippen LogP contribution is 2.48. The number of rotatable bonds is 1. The van der Waals surface area contributed by atoms with E-state index in [1.165, 1.54) is 0 Å². The van der Waals surface area contributed by atoms with Crippen molar-refractivity contribution in [2.75, 3.05) is 0 Å². The molecule has 0 aliphatic rings. The number of alkyl halides is 12. The fraction of sp³-hybridized carbons (Fsp3) is 0.250. The van der Waals surface area contributed by atoms with E-state index in [2.05, 4.69) is 0 Å². The summed E-state index contributed by atoms with van der Waals surface area (Å²) >= 11 is 0. The molecule has 0 unspecified atom stereocenters. The fourth-order valence-corrected chi connectivity index (χ4v) is 2.41. The summed E-state index contributed by atoms with van der Waals surface area (Å²) in [6.45, 7) is 0. The zero-order valence-electron chi connectivity index (χ0n) is 13.4. The summed E-state index contributed by atoms with van der Waals surface area (Å²) in [5.74, 6) is -1.99. The lowest BCUT2D eigenvalue weighted by molar-refractivity contribution is -0.144. The number of hydrogen-bond donors (Lipinski definition) is 1. The molecule has 0 aliphatic heterocycles. The number of phenols is 1. The molecule has 0 atom stereocenters. The molecule has 0 aliphatic carbocycles. The lowest BCUT2D eigenvalue weighted by Gasteiger charge is -2.20. The zero-order chi connectivity index (χ0) is 22.6. The Labute approximate surface area is 153 Å². The molecule has 29 heavy (non-hydrogen) atoms. The average molecular weight is 442 g/mol. The first-order valence-electron chi connectivity index (χ1n) is 7.13. The Morgan fingerprint density at radius 3 is 1.34 bits per heavy atom. The van der Waals surface area contributed by atoms with E-state index in [4.69, 9.17) is 0 Å². The number of benzene rings is 2. The minimum atomic E-state index is -5.59. The van der Waals surface area contributed by atoms with E-state index in [0.717, 1.165) is 0 Å². The molecule has 0 radical (unpaired) electrons. The number of halogens is 12. The first kappa shape index (κ1) is 22.7. The van der Waals surface area contributed by atoms with E-state index < -0.39 is 76.0 Å². The van der Waals surface area contributed by atoms with E-state index >= 15 is 0 Å². The van der Waals surface area contributed by atoms with Crippen LogP contribution in [0, 0.1) is 0 Å². The first-order chi connectivity index (χ1) is 12.8. The maximum absolute atomic E-state index is 13.2. The van der Waals surface area contributed by atoms with Gasteiger partial charge in [-0.2, -0.15) is 52.7 Å². The van der Waals surface area contributed by atoms with Crippen LogP contribution in [0.4, 0.5) is 52.7 Å². The van der Waals surface area contributed by atoms with E-state index in [0.29, 0.717) is 0 Å². The number of phenolic OH excluding ortho intramolecular Hbond substituents is 1. The molecule has 1 N–H and O–H groups in total. The maximum Gasteiger partial charge on any atom is 0.419 e. The van der Waals surface area contributed by atoms with Crippen molar-refractivity contribution in [3.8, 4) is 16.9 Å². The molecule has 2 aromatic rings. The molecular weight excluding hydrogens is 436 g/mol. The molecule has 2 aromatic carbocycles. The molecule has 0 amide bonds. The zero-order valence-corrected chi connectivity index (χ0v) is 13.4. The molecular formula is C16H6F12O. The monoisotopic (exact) mass is 442 g/mol. The number of hydrogen-bond acceptors (Lipinski definition) is 1. The predicted octanol–water partition coefficient (Wildman–Crippen LogP) is 7.13. The van der Waals surface area contributed by atoms with Gasteiger partial charge >= 0.3 is 24.7 Å². The van der Waals surface area contributed by atoms with Crippen LogP contribution < -0.4 is 0 Å². The topological polar surface area (TPSA) is 20.2 Å². The van der Waals surface area contributed by atoms with E-state index in [1.807, 2.05) is 0 Å². The third-order valence-electron chi connectivity index (χ3n) is 3.69. The third-order valence-corrected chi connectivity index (χ3v) is 3.69. The van der Waals surface area contributed by atoms with Gasteiger partial charge in [0, 0.05) is 5.56 Å². The van der Waals surface area contributed by atoms with Gasteiger partial charge in [-0.1, -0.05) is 6.07 Å². The Morgan fingerprint density at radius 2 is 0.931 bits per heavy atom. The van der Waals surface area contributed by atoms with Crippen molar-refractivity contribution >= 4 is 0 Å². The molecule has 0 saturated carbocycles. The summed E-state index contributed by atoms with van der Waals surface area (Å²) in [5.41, 5.74) is -11.4. The summed E-state index contributed by atoms with van der Waals surface area (Å²) in [4.78, 5) is 0. The van der Waals surface area contributed by atoms with Crippen LogP contribution in [-0.4, -0.2) is 5.11 Å². The van der Waals surface area contributed by atoms with Gasteiger partial charge in [0.25, 0.3) is 0 Å². The lowest BCUT2D eigenvalue weighted by atomic mass is 9.92. The predicted molar refractivity (Wildman–Crippen MR) is 73.6 cm³/mol. The van der Waals surface area contributed by atoms with E-state index in [9.17, 15) is 57.8 Å². The van der Waals surface area contributed by atoms with Crippen molar-refractivity contribution in [2.24, 2.45) is 0 Å². The second-order valence-electron chi connectivity index (χ2n) is 5.67. The van der Waals surface area contributed by atoms with Crippen LogP contribution in [-0.2, 0) is 24.7 Å². The SMILES string of the molecule is Oc1c(-c2ccc(C(F)(F)F)cc2C(F)(F)F)cc(C(F)(F)F)cc1C(F)(F)F. The van der Waals surface area contributed by atoms with Crippen molar-refractivity contribution in [3.05, 3.63) is 52.6 Å². The smallest absolute Gasteiger partial charge is 0.419 e. The van der Waals surface area contributed by atoms with Crippen molar-refractivity contribution < 1.29 is 57.8 Å². The molecule has 0 aromatic heterocycles. The van der Waals surface area contributed by atoms with Crippen molar-refractivity contribution in [1.82, 2.24) is 0 Å². The van der Waals surface area contributed by atoms with Crippen LogP contribution in [0.5, 0.6) is 5.75 Å². The summed E-state index contributed by atoms with van der Waals surface area (Å²) in [6, 6.07) is -1.11. The second-order valence-corrected chi connectivity index (χ2v) is 5.67. The van der Waals surface area contributed by atoms with Gasteiger partial charge in [-0.3, -0.25) is 0 Å². The molecule has 2 rings (SSSR count). The standard InChI is InChI=1S/C16H6F12O/c17-13(18,19)6-1-2-8(10(4-6)15(23,24)25)9-3-7(14(20,21)22)5-11(12(9)29)16(26,27)28/h1-5,29H. The van der Waals surface area contributed by atoms with Crippen LogP contribution in [0.15, 0.2) is 30.3 Å². The summed E-state index contributed by atoms with van der Waals surface area (Å²) in [7, 11) is 0. The third kappa shape index (κ3) is 4.70. The Balaban J connectivity index is 2.93. The number of aromatic hydroxyl groups is 1. The van der Waals surface area contributed by atoms with Gasteiger partial charge in [-0.15, -0.1) is 0 Å². The first-order valence-corrected chi connectivity index (χ1v) is 7.13. The van der Waals surface area contributed by atoms with Gasteiger partial charge in [0.2, 0.25) is 0 Å². The second kappa shape index (κ2) is 6.73. The quantitative estimate of drug-likeness (QED) is 0.466. The molecule has 0 spiro atoms. The Morgan fingerprint density at radius 1 is 0.483 bits per heavy atom. The Hall–Kier alpha value is -2.60. The maximum atomic E-state index is 13.2.